The van der Waals surface area contributed by atoms with Gasteiger partial charge in [0.2, 0.25) is 0 Å². The maximum absolute atomic E-state index is 3.66. The van der Waals surface area contributed by atoms with Gasteiger partial charge in [0, 0.05) is 37.8 Å². The standard InChI is InChI=1S/C5H4N.Co.W/c1-2-4-6-5-3-1;;/h1-4H;;/q-1;;. The molecule has 3 heteroatoms. The van der Waals surface area contributed by atoms with Gasteiger partial charge < -0.3 is 4.98 Å². The number of hydrogen-bond acceptors (Lipinski definition) is 1. The molecule has 0 saturated heterocycles. The summed E-state index contributed by atoms with van der Waals surface area (Å²) in [5, 5.41) is 0. The summed E-state index contributed by atoms with van der Waals surface area (Å²) in [4.78, 5) is 3.66. The average Bonchev–Trinajstić information content (AvgIpc) is 1.72. The topological polar surface area (TPSA) is 12.9 Å². The normalized spacial score (nSPS) is 6.00. The van der Waals surface area contributed by atoms with E-state index in [1.54, 1.807) is 12.3 Å². The van der Waals surface area contributed by atoms with E-state index in [1.807, 2.05) is 12.1 Å². The van der Waals surface area contributed by atoms with Gasteiger partial charge in [-0.1, -0.05) is 12.4 Å². The predicted molar refractivity (Wildman–Crippen MR) is 23.1 cm³/mol. The zero-order valence-electron chi connectivity index (χ0n) is 4.00. The van der Waals surface area contributed by atoms with E-state index < -0.39 is 0 Å². The first-order valence-corrected chi connectivity index (χ1v) is 1.77. The van der Waals surface area contributed by atoms with E-state index in [-0.39, 0.29) is 37.8 Å². The van der Waals surface area contributed by atoms with Crippen LogP contribution in [0, 0.1) is 6.20 Å². The zero-order chi connectivity index (χ0) is 4.24. The molecule has 0 aliphatic heterocycles. The van der Waals surface area contributed by atoms with E-state index in [0.717, 1.165) is 0 Å². The zero-order valence-corrected chi connectivity index (χ0v) is 7.97. The molecule has 1 rings (SSSR count). The van der Waals surface area contributed by atoms with Crippen LogP contribution in [0.2, 0.25) is 0 Å². The van der Waals surface area contributed by atoms with Crippen LogP contribution in [0.25, 0.3) is 0 Å². The van der Waals surface area contributed by atoms with Crippen molar-refractivity contribution in [1.29, 1.82) is 0 Å². The Kier molecular flexibility index (Phi) is 10.3. The third kappa shape index (κ3) is 4.50. The molecule has 0 amide bonds. The van der Waals surface area contributed by atoms with Gasteiger partial charge in [-0.15, -0.1) is 0 Å². The summed E-state index contributed by atoms with van der Waals surface area (Å²) in [5.41, 5.74) is 0. The Balaban J connectivity index is 0. The number of rotatable bonds is 0. The first-order valence-electron chi connectivity index (χ1n) is 1.77. The molecule has 45 valence electrons. The van der Waals surface area contributed by atoms with E-state index >= 15 is 0 Å². The maximum atomic E-state index is 3.66. The van der Waals surface area contributed by atoms with Gasteiger partial charge in [-0.05, 0) is 0 Å². The van der Waals surface area contributed by atoms with Gasteiger partial charge in [-0.25, -0.2) is 0 Å². The Hall–Kier alpha value is 0.345. The molecule has 0 aliphatic carbocycles. The molecule has 1 heterocycles. The van der Waals surface area contributed by atoms with Gasteiger partial charge in [0.25, 0.3) is 0 Å². The third-order valence-electron chi connectivity index (χ3n) is 0.517. The maximum Gasteiger partial charge on any atom is 0 e. The Morgan fingerprint density at radius 3 is 2.12 bits per heavy atom. The van der Waals surface area contributed by atoms with Crippen molar-refractivity contribution in [3.8, 4) is 0 Å². The number of aromatic nitrogens is 1. The Bertz CT molecular complexity index is 84.4. The summed E-state index contributed by atoms with van der Waals surface area (Å²) in [6.45, 7) is 0. The van der Waals surface area contributed by atoms with Crippen LogP contribution in [0.5, 0.6) is 0 Å². The smallest absolute Gasteiger partial charge is 0 e. The van der Waals surface area contributed by atoms with Gasteiger partial charge >= 0.3 is 0 Å². The molecule has 8 heavy (non-hydrogen) atoms. The molecule has 1 aromatic rings. The summed E-state index contributed by atoms with van der Waals surface area (Å²) in [6.07, 6.45) is 4.34. The molecular weight excluding hydrogens is 317 g/mol. The molecule has 0 saturated carbocycles. The minimum atomic E-state index is 0. The number of pyridine rings is 1. The summed E-state index contributed by atoms with van der Waals surface area (Å²) >= 11 is 0. The van der Waals surface area contributed by atoms with Crippen molar-refractivity contribution in [3.63, 3.8) is 0 Å². The molecule has 0 aromatic carbocycles. The average molecular weight is 321 g/mol. The SMILES string of the molecule is [Co].[W].[c-]1ccccn1. The first-order chi connectivity index (χ1) is 3.00. The number of nitrogens with zero attached hydrogens (tertiary/aromatic N) is 1. The van der Waals surface area contributed by atoms with Gasteiger partial charge in [-0.3, -0.25) is 0 Å². The van der Waals surface area contributed by atoms with Crippen LogP contribution in [0.4, 0.5) is 0 Å². The van der Waals surface area contributed by atoms with Crippen LogP contribution in [0.3, 0.4) is 0 Å². The Morgan fingerprint density at radius 1 is 1.25 bits per heavy atom. The minimum absolute atomic E-state index is 0. The van der Waals surface area contributed by atoms with Crippen molar-refractivity contribution >= 4 is 0 Å². The van der Waals surface area contributed by atoms with Gasteiger partial charge in [0.15, 0.2) is 0 Å². The van der Waals surface area contributed by atoms with E-state index in [4.69, 9.17) is 0 Å². The van der Waals surface area contributed by atoms with Crippen molar-refractivity contribution in [2.24, 2.45) is 0 Å². The molecule has 0 N–H and O–H groups in total. The summed E-state index contributed by atoms with van der Waals surface area (Å²) < 4.78 is 0. The molecule has 0 spiro atoms. The van der Waals surface area contributed by atoms with Crippen molar-refractivity contribution in [3.05, 3.63) is 30.6 Å². The van der Waals surface area contributed by atoms with Crippen LogP contribution in [0.1, 0.15) is 0 Å². The molecular formula is C5H4CoNW-. The fourth-order valence-corrected chi connectivity index (χ4v) is 0.277. The van der Waals surface area contributed by atoms with Crippen LogP contribution in [0.15, 0.2) is 24.4 Å². The van der Waals surface area contributed by atoms with E-state index in [1.165, 1.54) is 0 Å². The monoisotopic (exact) mass is 321 g/mol. The molecule has 1 aromatic heterocycles. The summed E-state index contributed by atoms with van der Waals surface area (Å²) in [5.74, 6) is 0. The second-order valence-electron chi connectivity index (χ2n) is 0.959. The van der Waals surface area contributed by atoms with E-state index in [2.05, 4.69) is 11.2 Å². The summed E-state index contributed by atoms with van der Waals surface area (Å²) in [6, 6.07) is 5.50. The van der Waals surface area contributed by atoms with Crippen molar-refractivity contribution in [2.75, 3.05) is 0 Å². The molecule has 0 fully saturated rings. The molecule has 0 unspecified atom stereocenters. The van der Waals surface area contributed by atoms with Crippen LogP contribution < -0.4 is 0 Å². The van der Waals surface area contributed by atoms with E-state index in [0.29, 0.717) is 0 Å². The van der Waals surface area contributed by atoms with Crippen molar-refractivity contribution in [2.45, 2.75) is 0 Å². The van der Waals surface area contributed by atoms with Gasteiger partial charge in [0.1, 0.15) is 0 Å². The van der Waals surface area contributed by atoms with E-state index in [9.17, 15) is 0 Å². The third-order valence-corrected chi connectivity index (χ3v) is 0.517. The Morgan fingerprint density at radius 2 is 2.00 bits per heavy atom. The molecule has 0 bridgehead atoms. The van der Waals surface area contributed by atoms with Gasteiger partial charge in [-0.2, -0.15) is 18.2 Å². The second-order valence-corrected chi connectivity index (χ2v) is 0.959. The van der Waals surface area contributed by atoms with Crippen LogP contribution in [-0.2, 0) is 37.8 Å². The molecule has 1 nitrogen and oxygen atoms in total. The van der Waals surface area contributed by atoms with Gasteiger partial charge in [0.05, 0.1) is 0 Å². The molecule has 0 atom stereocenters. The fourth-order valence-electron chi connectivity index (χ4n) is 0.277. The van der Waals surface area contributed by atoms with Crippen molar-refractivity contribution in [1.82, 2.24) is 4.98 Å². The van der Waals surface area contributed by atoms with Crippen molar-refractivity contribution < 1.29 is 37.8 Å². The first kappa shape index (κ1) is 11.2. The number of hydrogen-bond donors (Lipinski definition) is 0. The predicted octanol–water partition coefficient (Wildman–Crippen LogP) is 0.877. The quantitative estimate of drug-likeness (QED) is 0.647. The second kappa shape index (κ2) is 7.34. The van der Waals surface area contributed by atoms with Crippen LogP contribution >= 0.6 is 0 Å². The molecule has 0 aliphatic rings. The van der Waals surface area contributed by atoms with Crippen LogP contribution in [-0.4, -0.2) is 4.98 Å². The largest absolute Gasteiger partial charge is 0.394 e. The summed E-state index contributed by atoms with van der Waals surface area (Å²) in [7, 11) is 0. The minimum Gasteiger partial charge on any atom is -0.394 e. The Labute approximate surface area is 73.4 Å². The fraction of sp³-hybridized carbons (Fsp3) is 0. The molecule has 1 radical (unpaired) electrons.